The highest BCUT2D eigenvalue weighted by Crippen LogP contribution is 2.14. The third-order valence-corrected chi connectivity index (χ3v) is 2.90. The third-order valence-electron chi connectivity index (χ3n) is 2.90. The average molecular weight is 219 g/mol. The second-order valence-corrected chi connectivity index (χ2v) is 4.26. The summed E-state index contributed by atoms with van der Waals surface area (Å²) in [7, 11) is 1.70. The quantitative estimate of drug-likeness (QED) is 0.836. The van der Waals surface area contributed by atoms with Crippen LogP contribution in [0.1, 0.15) is 24.0 Å². The lowest BCUT2D eigenvalue weighted by atomic mass is 10.0. The van der Waals surface area contributed by atoms with Crippen LogP contribution in [0.5, 0.6) is 0 Å². The van der Waals surface area contributed by atoms with Gasteiger partial charge in [0.05, 0.1) is 6.61 Å². The molecule has 1 atom stereocenters. The molecule has 1 amide bonds. The molecule has 0 radical (unpaired) electrons. The summed E-state index contributed by atoms with van der Waals surface area (Å²) in [5.74, 6) is 0.181. The zero-order valence-corrected chi connectivity index (χ0v) is 9.53. The van der Waals surface area contributed by atoms with Gasteiger partial charge in [0.15, 0.2) is 0 Å². The van der Waals surface area contributed by atoms with E-state index in [1.807, 2.05) is 0 Å². The van der Waals surface area contributed by atoms with E-state index in [1.54, 1.807) is 7.11 Å². The fourth-order valence-electron chi connectivity index (χ4n) is 2.05. The molecule has 1 aliphatic heterocycles. The molecule has 0 spiro atoms. The number of carbonyl (C=O) groups excluding carboxylic acids is 1. The summed E-state index contributed by atoms with van der Waals surface area (Å²) >= 11 is 0. The average Bonchev–Trinajstić information content (AvgIpc) is 2.67. The first-order valence-corrected chi connectivity index (χ1v) is 5.64. The number of hydrogen-bond acceptors (Lipinski definition) is 2. The lowest BCUT2D eigenvalue weighted by molar-refractivity contribution is -0.119. The molecule has 1 aromatic carbocycles. The smallest absolute Gasteiger partial charge is 0.220 e. The van der Waals surface area contributed by atoms with Crippen LogP contribution in [0.15, 0.2) is 24.3 Å². The molecule has 2 rings (SSSR count). The molecule has 1 N–H and O–H groups in total. The van der Waals surface area contributed by atoms with Crippen molar-refractivity contribution in [2.24, 2.45) is 0 Å². The molecule has 1 aliphatic rings. The van der Waals surface area contributed by atoms with Crippen molar-refractivity contribution in [1.82, 2.24) is 5.32 Å². The Morgan fingerprint density at radius 3 is 2.56 bits per heavy atom. The zero-order chi connectivity index (χ0) is 11.4. The fourth-order valence-corrected chi connectivity index (χ4v) is 2.05. The molecule has 1 unspecified atom stereocenters. The second kappa shape index (κ2) is 5.12. The molecule has 16 heavy (non-hydrogen) atoms. The molecule has 1 heterocycles. The van der Waals surface area contributed by atoms with Gasteiger partial charge in [0.1, 0.15) is 0 Å². The van der Waals surface area contributed by atoms with E-state index in [1.165, 1.54) is 11.1 Å². The van der Waals surface area contributed by atoms with Gasteiger partial charge in [-0.3, -0.25) is 4.79 Å². The summed E-state index contributed by atoms with van der Waals surface area (Å²) in [4.78, 5) is 11.1. The molecular weight excluding hydrogens is 202 g/mol. The molecule has 1 saturated heterocycles. The SMILES string of the molecule is COCc1ccc(CC2CCC(=O)N2)cc1. The Balaban J connectivity index is 1.92. The van der Waals surface area contributed by atoms with Gasteiger partial charge < -0.3 is 10.1 Å². The van der Waals surface area contributed by atoms with Crippen LogP contribution in [0.25, 0.3) is 0 Å². The zero-order valence-electron chi connectivity index (χ0n) is 9.53. The molecular formula is C13H17NO2. The van der Waals surface area contributed by atoms with Crippen LogP contribution in [-0.4, -0.2) is 19.1 Å². The number of benzene rings is 1. The topological polar surface area (TPSA) is 38.3 Å². The largest absolute Gasteiger partial charge is 0.380 e. The van der Waals surface area contributed by atoms with Gasteiger partial charge in [0.2, 0.25) is 5.91 Å². The minimum absolute atomic E-state index is 0.181. The van der Waals surface area contributed by atoms with Crippen LogP contribution in [0.4, 0.5) is 0 Å². The third kappa shape index (κ3) is 2.83. The number of carbonyl (C=O) groups is 1. The highest BCUT2D eigenvalue weighted by Gasteiger charge is 2.20. The van der Waals surface area contributed by atoms with Gasteiger partial charge in [0.25, 0.3) is 0 Å². The van der Waals surface area contributed by atoms with Gasteiger partial charge in [-0.15, -0.1) is 0 Å². The highest BCUT2D eigenvalue weighted by atomic mass is 16.5. The van der Waals surface area contributed by atoms with Gasteiger partial charge in [-0.05, 0) is 24.0 Å². The van der Waals surface area contributed by atoms with Crippen LogP contribution >= 0.6 is 0 Å². The molecule has 0 aromatic heterocycles. The van der Waals surface area contributed by atoms with Crippen molar-refractivity contribution in [2.45, 2.75) is 31.9 Å². The van der Waals surface area contributed by atoms with E-state index in [4.69, 9.17) is 4.74 Å². The molecule has 86 valence electrons. The van der Waals surface area contributed by atoms with Crippen molar-refractivity contribution in [3.8, 4) is 0 Å². The summed E-state index contributed by atoms with van der Waals surface area (Å²) < 4.78 is 5.06. The standard InChI is InChI=1S/C13H17NO2/c1-16-9-11-4-2-10(3-5-11)8-12-6-7-13(15)14-12/h2-5,12H,6-9H2,1H3,(H,14,15). The Bertz CT molecular complexity index is 359. The number of methoxy groups -OCH3 is 1. The summed E-state index contributed by atoms with van der Waals surface area (Å²) in [5, 5.41) is 2.98. The molecule has 0 bridgehead atoms. The first kappa shape index (κ1) is 11.1. The van der Waals surface area contributed by atoms with Crippen molar-refractivity contribution in [3.05, 3.63) is 35.4 Å². The number of hydrogen-bond donors (Lipinski definition) is 1. The highest BCUT2D eigenvalue weighted by molar-refractivity contribution is 5.78. The van der Waals surface area contributed by atoms with Crippen LogP contribution in [0.2, 0.25) is 0 Å². The van der Waals surface area contributed by atoms with E-state index in [0.29, 0.717) is 19.1 Å². The minimum Gasteiger partial charge on any atom is -0.380 e. The Kier molecular flexibility index (Phi) is 3.57. The van der Waals surface area contributed by atoms with Crippen molar-refractivity contribution in [3.63, 3.8) is 0 Å². The lowest BCUT2D eigenvalue weighted by Gasteiger charge is -2.10. The summed E-state index contributed by atoms with van der Waals surface area (Å²) in [5.41, 5.74) is 2.45. The van der Waals surface area contributed by atoms with Crippen LogP contribution in [0.3, 0.4) is 0 Å². The van der Waals surface area contributed by atoms with Gasteiger partial charge in [-0.2, -0.15) is 0 Å². The van der Waals surface area contributed by atoms with Crippen LogP contribution in [-0.2, 0) is 22.6 Å². The van der Waals surface area contributed by atoms with Gasteiger partial charge >= 0.3 is 0 Å². The summed E-state index contributed by atoms with van der Waals surface area (Å²) in [6, 6.07) is 8.70. The minimum atomic E-state index is 0.181. The maximum Gasteiger partial charge on any atom is 0.220 e. The Morgan fingerprint density at radius 2 is 2.00 bits per heavy atom. The lowest BCUT2D eigenvalue weighted by Crippen LogP contribution is -2.27. The fraction of sp³-hybridized carbons (Fsp3) is 0.462. The summed E-state index contributed by atoms with van der Waals surface area (Å²) in [6.45, 7) is 0.653. The monoisotopic (exact) mass is 219 g/mol. The van der Waals surface area contributed by atoms with Crippen LogP contribution in [0, 0.1) is 0 Å². The van der Waals surface area contributed by atoms with E-state index in [2.05, 4.69) is 29.6 Å². The molecule has 1 fully saturated rings. The Hall–Kier alpha value is -1.35. The van der Waals surface area contributed by atoms with E-state index >= 15 is 0 Å². The van der Waals surface area contributed by atoms with Gasteiger partial charge in [0, 0.05) is 19.6 Å². The van der Waals surface area contributed by atoms with Gasteiger partial charge in [-0.25, -0.2) is 0 Å². The van der Waals surface area contributed by atoms with E-state index in [-0.39, 0.29) is 5.91 Å². The first-order chi connectivity index (χ1) is 7.78. The first-order valence-electron chi connectivity index (χ1n) is 5.64. The predicted octanol–water partition coefficient (Wildman–Crippen LogP) is 1.65. The van der Waals surface area contributed by atoms with E-state index in [0.717, 1.165) is 12.8 Å². The summed E-state index contributed by atoms with van der Waals surface area (Å²) in [6.07, 6.45) is 2.56. The van der Waals surface area contributed by atoms with Crippen molar-refractivity contribution < 1.29 is 9.53 Å². The van der Waals surface area contributed by atoms with E-state index < -0.39 is 0 Å². The van der Waals surface area contributed by atoms with Crippen LogP contribution < -0.4 is 5.32 Å². The maximum atomic E-state index is 11.1. The Morgan fingerprint density at radius 1 is 1.31 bits per heavy atom. The van der Waals surface area contributed by atoms with Gasteiger partial charge in [-0.1, -0.05) is 24.3 Å². The maximum absolute atomic E-state index is 11.1. The molecule has 0 aliphatic carbocycles. The Labute approximate surface area is 95.8 Å². The number of nitrogens with one attached hydrogen (secondary N) is 1. The number of rotatable bonds is 4. The van der Waals surface area contributed by atoms with Crippen molar-refractivity contribution >= 4 is 5.91 Å². The normalized spacial score (nSPS) is 19.8. The van der Waals surface area contributed by atoms with Crippen molar-refractivity contribution in [1.29, 1.82) is 0 Å². The number of amides is 1. The van der Waals surface area contributed by atoms with E-state index in [9.17, 15) is 4.79 Å². The second-order valence-electron chi connectivity index (χ2n) is 4.26. The number of ether oxygens (including phenoxy) is 1. The molecule has 1 aromatic rings. The molecule has 3 nitrogen and oxygen atoms in total. The molecule has 3 heteroatoms. The predicted molar refractivity (Wildman–Crippen MR) is 62.0 cm³/mol. The molecule has 0 saturated carbocycles. The van der Waals surface area contributed by atoms with Crippen molar-refractivity contribution in [2.75, 3.05) is 7.11 Å².